The fourth-order valence-corrected chi connectivity index (χ4v) is 2.23. The molecular weight excluding hydrogens is 338 g/mol. The molecule has 6 heteroatoms. The van der Waals surface area contributed by atoms with Gasteiger partial charge in [-0.15, -0.1) is 0 Å². The number of nitrogens with zero attached hydrogens (tertiary/aromatic N) is 1. The van der Waals surface area contributed by atoms with E-state index in [9.17, 15) is 14.9 Å². The van der Waals surface area contributed by atoms with E-state index in [1.165, 1.54) is 6.07 Å². The van der Waals surface area contributed by atoms with Crippen LogP contribution < -0.4 is 4.74 Å². The third-order valence-electron chi connectivity index (χ3n) is 3.01. The van der Waals surface area contributed by atoms with Gasteiger partial charge in [-0.25, -0.2) is 0 Å². The third-order valence-corrected chi connectivity index (χ3v) is 3.51. The molecule has 0 aliphatic heterocycles. The number of aldehydes is 1. The Bertz CT molecular complexity index is 728. The van der Waals surface area contributed by atoms with Crippen LogP contribution in [0.25, 0.3) is 0 Å². The van der Waals surface area contributed by atoms with Gasteiger partial charge in [-0.05, 0) is 43.7 Å². The van der Waals surface area contributed by atoms with Crippen molar-refractivity contribution in [3.8, 4) is 11.5 Å². The first-order valence-electron chi connectivity index (χ1n) is 6.10. The van der Waals surface area contributed by atoms with Gasteiger partial charge in [-0.3, -0.25) is 14.9 Å². The average Bonchev–Trinajstić information content (AvgIpc) is 2.42. The van der Waals surface area contributed by atoms with Crippen LogP contribution in [0, 0.1) is 24.0 Å². The van der Waals surface area contributed by atoms with Gasteiger partial charge in [-0.2, -0.15) is 0 Å². The molecule has 0 saturated carbocycles. The quantitative estimate of drug-likeness (QED) is 0.460. The van der Waals surface area contributed by atoms with Gasteiger partial charge < -0.3 is 4.74 Å². The second-order valence-electron chi connectivity index (χ2n) is 4.56. The standard InChI is InChI=1S/C15H12BrNO4/c1-9-6-14(10(2)5-13(9)17(19)20)21-15-7-12(16)4-3-11(15)8-18/h3-8H,1-2H3. The number of ether oxygens (including phenoxy) is 1. The van der Waals surface area contributed by atoms with Crippen molar-refractivity contribution in [2.75, 3.05) is 0 Å². The SMILES string of the molecule is Cc1cc([N+](=O)[O-])c(C)cc1Oc1cc(Br)ccc1C=O. The monoisotopic (exact) mass is 349 g/mol. The van der Waals surface area contributed by atoms with Crippen LogP contribution >= 0.6 is 15.9 Å². The Morgan fingerprint density at radius 2 is 1.86 bits per heavy atom. The summed E-state index contributed by atoms with van der Waals surface area (Å²) in [7, 11) is 0. The summed E-state index contributed by atoms with van der Waals surface area (Å²) in [6.07, 6.45) is 0.704. The van der Waals surface area contributed by atoms with Crippen LogP contribution in [0.15, 0.2) is 34.8 Å². The van der Waals surface area contributed by atoms with E-state index < -0.39 is 4.92 Å². The maximum atomic E-state index is 11.0. The zero-order chi connectivity index (χ0) is 15.6. The molecule has 0 aromatic heterocycles. The van der Waals surface area contributed by atoms with E-state index in [-0.39, 0.29) is 5.69 Å². The highest BCUT2D eigenvalue weighted by molar-refractivity contribution is 9.10. The molecule has 5 nitrogen and oxygen atoms in total. The number of halogens is 1. The maximum absolute atomic E-state index is 11.0. The highest BCUT2D eigenvalue weighted by Crippen LogP contribution is 2.33. The van der Waals surface area contributed by atoms with E-state index in [0.29, 0.717) is 34.5 Å². The molecule has 0 heterocycles. The zero-order valence-electron chi connectivity index (χ0n) is 11.4. The minimum atomic E-state index is -0.429. The predicted molar refractivity (Wildman–Crippen MR) is 82.2 cm³/mol. The molecule has 2 aromatic rings. The largest absolute Gasteiger partial charge is 0.456 e. The minimum absolute atomic E-state index is 0.0460. The summed E-state index contributed by atoms with van der Waals surface area (Å²) in [6, 6.07) is 8.12. The fraction of sp³-hybridized carbons (Fsp3) is 0.133. The van der Waals surface area contributed by atoms with Crippen LogP contribution in [0.1, 0.15) is 21.5 Å². The Hall–Kier alpha value is -2.21. The van der Waals surface area contributed by atoms with Gasteiger partial charge in [-0.1, -0.05) is 15.9 Å². The lowest BCUT2D eigenvalue weighted by Gasteiger charge is -2.12. The van der Waals surface area contributed by atoms with Gasteiger partial charge in [0.1, 0.15) is 11.5 Å². The van der Waals surface area contributed by atoms with Gasteiger partial charge >= 0.3 is 0 Å². The first-order valence-corrected chi connectivity index (χ1v) is 6.90. The molecule has 2 rings (SSSR count). The summed E-state index contributed by atoms with van der Waals surface area (Å²) in [5, 5.41) is 10.9. The van der Waals surface area contributed by atoms with Crippen LogP contribution in [0.4, 0.5) is 5.69 Å². The molecule has 0 unspecified atom stereocenters. The summed E-state index contributed by atoms with van der Waals surface area (Å²) in [6.45, 7) is 3.37. The van der Waals surface area contributed by atoms with Crippen molar-refractivity contribution in [3.05, 3.63) is 61.6 Å². The number of aryl methyl sites for hydroxylation is 2. The van der Waals surface area contributed by atoms with Gasteiger partial charge in [0.05, 0.1) is 10.5 Å². The highest BCUT2D eigenvalue weighted by atomic mass is 79.9. The Kier molecular flexibility index (Phi) is 4.37. The van der Waals surface area contributed by atoms with Gasteiger partial charge in [0.2, 0.25) is 0 Å². The summed E-state index contributed by atoms with van der Waals surface area (Å²) in [5.41, 5.74) is 1.59. The lowest BCUT2D eigenvalue weighted by atomic mass is 10.1. The first kappa shape index (κ1) is 15.2. The number of hydrogen-bond acceptors (Lipinski definition) is 4. The summed E-state index contributed by atoms with van der Waals surface area (Å²) < 4.78 is 6.52. The molecule has 108 valence electrons. The molecule has 0 aliphatic carbocycles. The topological polar surface area (TPSA) is 69.4 Å². The Morgan fingerprint density at radius 1 is 1.14 bits per heavy atom. The van der Waals surface area contributed by atoms with E-state index in [1.54, 1.807) is 38.1 Å². The number of rotatable bonds is 4. The summed E-state index contributed by atoms with van der Waals surface area (Å²) in [5.74, 6) is 0.884. The second kappa shape index (κ2) is 6.05. The maximum Gasteiger partial charge on any atom is 0.272 e. The van der Waals surface area contributed by atoms with Gasteiger partial charge in [0.25, 0.3) is 5.69 Å². The van der Waals surface area contributed by atoms with Crippen LogP contribution in [-0.2, 0) is 0 Å². The molecular formula is C15H12BrNO4. The van der Waals surface area contributed by atoms with Crippen molar-refractivity contribution in [2.45, 2.75) is 13.8 Å². The van der Waals surface area contributed by atoms with Gasteiger partial charge in [0, 0.05) is 16.1 Å². The van der Waals surface area contributed by atoms with Crippen molar-refractivity contribution in [3.63, 3.8) is 0 Å². The number of nitro benzene ring substituents is 1. The van der Waals surface area contributed by atoms with E-state index in [2.05, 4.69) is 15.9 Å². The summed E-state index contributed by atoms with van der Waals surface area (Å²) >= 11 is 3.32. The number of carbonyl (C=O) groups excluding carboxylic acids is 1. The Labute approximate surface area is 129 Å². The molecule has 0 N–H and O–H groups in total. The van der Waals surface area contributed by atoms with E-state index >= 15 is 0 Å². The van der Waals surface area contributed by atoms with Crippen molar-refractivity contribution in [2.24, 2.45) is 0 Å². The molecule has 0 atom stereocenters. The Morgan fingerprint density at radius 3 is 2.48 bits per heavy atom. The zero-order valence-corrected chi connectivity index (χ0v) is 13.0. The average molecular weight is 350 g/mol. The van der Waals surface area contributed by atoms with Crippen LogP contribution in [0.3, 0.4) is 0 Å². The van der Waals surface area contributed by atoms with Crippen LogP contribution in [-0.4, -0.2) is 11.2 Å². The minimum Gasteiger partial charge on any atom is -0.456 e. The van der Waals surface area contributed by atoms with Crippen LogP contribution in [0.2, 0.25) is 0 Å². The molecule has 0 spiro atoms. The predicted octanol–water partition coefficient (Wildman–Crippen LogP) is 4.58. The lowest BCUT2D eigenvalue weighted by Crippen LogP contribution is -1.96. The molecule has 0 aliphatic rings. The lowest BCUT2D eigenvalue weighted by molar-refractivity contribution is -0.385. The number of carbonyl (C=O) groups is 1. The molecule has 0 bridgehead atoms. The Balaban J connectivity index is 2.45. The first-order chi connectivity index (χ1) is 9.92. The fourth-order valence-electron chi connectivity index (χ4n) is 1.89. The molecule has 0 fully saturated rings. The number of nitro groups is 1. The van der Waals surface area contributed by atoms with Crippen LogP contribution in [0.5, 0.6) is 11.5 Å². The van der Waals surface area contributed by atoms with Crippen molar-refractivity contribution in [1.82, 2.24) is 0 Å². The van der Waals surface area contributed by atoms with E-state index in [4.69, 9.17) is 4.74 Å². The number of benzene rings is 2. The van der Waals surface area contributed by atoms with Crippen molar-refractivity contribution < 1.29 is 14.5 Å². The molecule has 0 radical (unpaired) electrons. The summed E-state index contributed by atoms with van der Waals surface area (Å²) in [4.78, 5) is 21.5. The van der Waals surface area contributed by atoms with Crippen molar-refractivity contribution >= 4 is 27.9 Å². The van der Waals surface area contributed by atoms with E-state index in [0.717, 1.165) is 4.47 Å². The normalized spacial score (nSPS) is 10.2. The second-order valence-corrected chi connectivity index (χ2v) is 5.48. The number of hydrogen-bond donors (Lipinski definition) is 0. The van der Waals surface area contributed by atoms with Gasteiger partial charge in [0.15, 0.2) is 6.29 Å². The molecule has 0 saturated heterocycles. The van der Waals surface area contributed by atoms with Crippen molar-refractivity contribution in [1.29, 1.82) is 0 Å². The molecule has 21 heavy (non-hydrogen) atoms. The van der Waals surface area contributed by atoms with E-state index in [1.807, 2.05) is 0 Å². The molecule has 0 amide bonds. The third kappa shape index (κ3) is 3.28. The smallest absolute Gasteiger partial charge is 0.272 e. The molecule has 2 aromatic carbocycles. The highest BCUT2D eigenvalue weighted by Gasteiger charge is 2.15.